The maximum atomic E-state index is 14.5. The van der Waals surface area contributed by atoms with Gasteiger partial charge in [0.05, 0.1) is 17.7 Å². The summed E-state index contributed by atoms with van der Waals surface area (Å²) >= 11 is 0. The van der Waals surface area contributed by atoms with E-state index in [2.05, 4.69) is 0 Å². The smallest absolute Gasteiger partial charge is 0.339 e. The molecule has 17 nitrogen and oxygen atoms in total. The van der Waals surface area contributed by atoms with Crippen LogP contribution in [0.25, 0.3) is 0 Å². The zero-order valence-electron chi connectivity index (χ0n) is 32.3. The molecule has 1 aliphatic heterocycles. The summed E-state index contributed by atoms with van der Waals surface area (Å²) in [7, 11) is 0. The average molecular weight is 817 g/mol. The van der Waals surface area contributed by atoms with Crippen molar-refractivity contribution in [3.05, 3.63) is 114 Å². The summed E-state index contributed by atoms with van der Waals surface area (Å²) in [6, 6.07) is 8.06. The number of ketones is 2. The lowest BCUT2D eigenvalue weighted by Crippen LogP contribution is -2.60. The molecule has 2 aliphatic carbocycles. The van der Waals surface area contributed by atoms with Gasteiger partial charge in [0.15, 0.2) is 22.8 Å². The molecule has 4 aromatic carbocycles. The van der Waals surface area contributed by atoms with Gasteiger partial charge in [0, 0.05) is 33.4 Å². The Hall–Kier alpha value is -5.92. The summed E-state index contributed by atoms with van der Waals surface area (Å²) in [5.74, 6) is -6.85. The van der Waals surface area contributed by atoms with Crippen LogP contribution in [0.5, 0.6) is 23.0 Å². The molecule has 0 bridgehead atoms. The third-order valence-corrected chi connectivity index (χ3v) is 11.7. The first-order chi connectivity index (χ1) is 27.6. The molecule has 3 aliphatic rings. The van der Waals surface area contributed by atoms with Crippen molar-refractivity contribution in [3.8, 4) is 23.0 Å². The maximum Gasteiger partial charge on any atom is 0.339 e. The van der Waals surface area contributed by atoms with Crippen LogP contribution in [0, 0.1) is 27.7 Å². The number of aliphatic hydroxyl groups excluding tert-OH is 4. The van der Waals surface area contributed by atoms with Gasteiger partial charge in [-0.05, 0) is 75.9 Å². The van der Waals surface area contributed by atoms with Crippen LogP contribution in [0.15, 0.2) is 36.4 Å². The lowest BCUT2D eigenvalue weighted by atomic mass is 9.71. The standard InChI is InChI=1S/C42H40O17/c1-14-7-9-18-29(31(14)45)34(48)25-16(3)27(38(52)53)22(44)11-20(25)41(18,5)58-59-42(6)19-10-8-15(2)32(46)30(19)35(49)26-17(4)28(39(54)55)23(12-21(26)42)56-40-37(51)36(50)33(47)24(13-43)57-40/h7-12,24,33,36-37,40,43-47,50-51H,13H2,1-6H3,(H,52,53)(H,54,55)/t24-,33+,36+,37-,40-,41+,42+/m0/s1. The van der Waals surface area contributed by atoms with Crippen molar-refractivity contribution in [2.45, 2.75) is 83.5 Å². The SMILES string of the molecule is Cc1ccc2c(c1O)C(=O)c1c(cc(O)c(C(=O)O)c1C)[C@]2(C)OO[C@@]1(C)c2cc(O[C@H]3O[C@@H](CO)[C@@H](O)[C@@H](O)[C@@H]3O)c(C(=O)O)c(C)c2C(=O)c2c1ccc(C)c2O. The highest BCUT2D eigenvalue weighted by molar-refractivity contribution is 6.18. The summed E-state index contributed by atoms with van der Waals surface area (Å²) < 4.78 is 11.4. The normalized spacial score (nSPS) is 25.8. The summed E-state index contributed by atoms with van der Waals surface area (Å²) in [6.07, 6.45) is -8.92. The van der Waals surface area contributed by atoms with Crippen molar-refractivity contribution in [1.29, 1.82) is 0 Å². The number of carboxylic acids is 2. The topological polar surface area (TPSA) is 287 Å². The first kappa shape index (κ1) is 41.2. The molecule has 4 aromatic rings. The van der Waals surface area contributed by atoms with E-state index in [1.807, 2.05) is 0 Å². The molecule has 7 atom stereocenters. The largest absolute Gasteiger partial charge is 0.507 e. The highest BCUT2D eigenvalue weighted by atomic mass is 17.2. The summed E-state index contributed by atoms with van der Waals surface area (Å²) in [4.78, 5) is 66.6. The minimum absolute atomic E-state index is 0.00213. The van der Waals surface area contributed by atoms with Crippen molar-refractivity contribution >= 4 is 23.5 Å². The molecular weight excluding hydrogens is 776 g/mol. The molecule has 9 N–H and O–H groups in total. The molecule has 0 saturated carbocycles. The summed E-state index contributed by atoms with van der Waals surface area (Å²) in [6.45, 7) is 7.71. The van der Waals surface area contributed by atoms with Crippen LogP contribution in [0.4, 0.5) is 0 Å². The monoisotopic (exact) mass is 816 g/mol. The third-order valence-electron chi connectivity index (χ3n) is 11.7. The van der Waals surface area contributed by atoms with E-state index in [1.165, 1.54) is 58.9 Å². The van der Waals surface area contributed by atoms with E-state index in [-0.39, 0.29) is 61.2 Å². The second-order valence-corrected chi connectivity index (χ2v) is 15.2. The summed E-state index contributed by atoms with van der Waals surface area (Å²) in [5.41, 5.74) is -6.08. The van der Waals surface area contributed by atoms with Crippen LogP contribution in [-0.4, -0.2) is 107 Å². The Balaban J connectivity index is 1.46. The minimum Gasteiger partial charge on any atom is -0.507 e. The summed E-state index contributed by atoms with van der Waals surface area (Å²) in [5, 5.41) is 95.4. The number of rotatable bonds is 8. The number of ether oxygens (including phenoxy) is 2. The van der Waals surface area contributed by atoms with Gasteiger partial charge in [0.25, 0.3) is 0 Å². The molecule has 0 aromatic heterocycles. The zero-order chi connectivity index (χ0) is 43.4. The van der Waals surface area contributed by atoms with E-state index in [4.69, 9.17) is 19.2 Å². The number of carboxylic acid groups (broad SMARTS) is 2. The van der Waals surface area contributed by atoms with E-state index in [0.717, 1.165) is 12.1 Å². The Labute approximate surface area is 334 Å². The number of hydrogen-bond donors (Lipinski definition) is 9. The number of phenolic OH excluding ortho intramolecular Hbond substituents is 2. The van der Waals surface area contributed by atoms with Crippen LogP contribution in [0.3, 0.4) is 0 Å². The number of carbonyl (C=O) groups is 4. The lowest BCUT2D eigenvalue weighted by molar-refractivity contribution is -0.399. The van der Waals surface area contributed by atoms with Crippen molar-refractivity contribution in [2.75, 3.05) is 6.61 Å². The molecule has 310 valence electrons. The van der Waals surface area contributed by atoms with Gasteiger partial charge in [0.1, 0.15) is 58.5 Å². The number of aromatic hydroxyl groups is 3. The fourth-order valence-corrected chi connectivity index (χ4v) is 8.38. The first-order valence-corrected chi connectivity index (χ1v) is 18.2. The number of carbonyl (C=O) groups excluding carboxylic acids is 2. The molecule has 0 spiro atoms. The van der Waals surface area contributed by atoms with Crippen molar-refractivity contribution < 1.29 is 84.4 Å². The number of hydrogen-bond acceptors (Lipinski definition) is 15. The number of aryl methyl sites for hydroxylation is 2. The molecule has 7 rings (SSSR count). The molecule has 17 heteroatoms. The van der Waals surface area contributed by atoms with Crippen molar-refractivity contribution in [2.24, 2.45) is 0 Å². The highest BCUT2D eigenvalue weighted by Crippen LogP contribution is 2.53. The van der Waals surface area contributed by atoms with Gasteiger partial charge in [-0.15, -0.1) is 0 Å². The second-order valence-electron chi connectivity index (χ2n) is 15.2. The zero-order valence-corrected chi connectivity index (χ0v) is 32.3. The van der Waals surface area contributed by atoms with E-state index in [1.54, 1.807) is 6.92 Å². The van der Waals surface area contributed by atoms with E-state index in [0.29, 0.717) is 5.56 Å². The fraction of sp³-hybridized carbons (Fsp3) is 0.333. The second kappa shape index (κ2) is 14.1. The van der Waals surface area contributed by atoms with Gasteiger partial charge in [-0.3, -0.25) is 9.59 Å². The highest BCUT2D eigenvalue weighted by Gasteiger charge is 2.52. The number of benzene rings is 4. The van der Waals surface area contributed by atoms with Crippen LogP contribution >= 0.6 is 0 Å². The third kappa shape index (κ3) is 5.88. The lowest BCUT2D eigenvalue weighted by Gasteiger charge is -2.43. The van der Waals surface area contributed by atoms with E-state index >= 15 is 0 Å². The molecule has 59 heavy (non-hydrogen) atoms. The van der Waals surface area contributed by atoms with Gasteiger partial charge in [-0.2, -0.15) is 0 Å². The van der Waals surface area contributed by atoms with Gasteiger partial charge >= 0.3 is 11.9 Å². The molecule has 1 heterocycles. The van der Waals surface area contributed by atoms with Gasteiger partial charge < -0.3 is 55.4 Å². The number of fused-ring (bicyclic) bond motifs is 4. The number of aromatic carboxylic acids is 2. The predicted octanol–water partition coefficient (Wildman–Crippen LogP) is 2.88. The molecule has 0 unspecified atom stereocenters. The quantitative estimate of drug-likeness (QED) is 0.0913. The van der Waals surface area contributed by atoms with Crippen LogP contribution in [-0.2, 0) is 25.7 Å². The fourth-order valence-electron chi connectivity index (χ4n) is 8.38. The Morgan fingerprint density at radius 3 is 1.58 bits per heavy atom. The number of aliphatic hydroxyl groups is 4. The first-order valence-electron chi connectivity index (χ1n) is 18.2. The Morgan fingerprint density at radius 2 is 1.12 bits per heavy atom. The molecule has 0 radical (unpaired) electrons. The van der Waals surface area contributed by atoms with Crippen molar-refractivity contribution in [1.82, 2.24) is 0 Å². The van der Waals surface area contributed by atoms with Crippen LogP contribution in [0.1, 0.15) is 111 Å². The van der Waals surface area contributed by atoms with Crippen LogP contribution < -0.4 is 4.74 Å². The minimum atomic E-state index is -2.03. The van der Waals surface area contributed by atoms with E-state index in [9.17, 15) is 65.1 Å². The predicted molar refractivity (Wildman–Crippen MR) is 200 cm³/mol. The van der Waals surface area contributed by atoms with E-state index < -0.39 is 106 Å². The molecule has 1 saturated heterocycles. The van der Waals surface area contributed by atoms with Gasteiger partial charge in [-0.25, -0.2) is 19.4 Å². The molecule has 1 fully saturated rings. The van der Waals surface area contributed by atoms with Gasteiger partial charge in [0.2, 0.25) is 6.29 Å². The number of phenols is 3. The van der Waals surface area contributed by atoms with Gasteiger partial charge in [-0.1, -0.05) is 24.3 Å². The molecule has 0 amide bonds. The average Bonchev–Trinajstić information content (AvgIpc) is 3.17. The molecular formula is C42H40O17. The van der Waals surface area contributed by atoms with Crippen LogP contribution in [0.2, 0.25) is 0 Å². The maximum absolute atomic E-state index is 14.5. The Kier molecular flexibility index (Phi) is 9.88. The Bertz CT molecular complexity index is 2520. The van der Waals surface area contributed by atoms with Crippen molar-refractivity contribution in [3.63, 3.8) is 0 Å². The Morgan fingerprint density at radius 1 is 0.661 bits per heavy atom.